The van der Waals surface area contributed by atoms with Crippen molar-refractivity contribution >= 4 is 29.2 Å². The second-order valence-electron chi connectivity index (χ2n) is 4.94. The van der Waals surface area contributed by atoms with Gasteiger partial charge >= 0.3 is 12.0 Å². The molecule has 0 spiro atoms. The quantitative estimate of drug-likeness (QED) is 0.787. The standard InChI is InChI=1S/C17H18N2O4S/c1-2-18-17(22)19-16(21)15(13-6-4-3-5-7-13)23-14(20)10-12-8-9-24-11-12/h3-9,11,15H,2,10H2,1H3,(H2,18,19,21,22)/t15-/m1/s1. The number of benzene rings is 1. The SMILES string of the molecule is CCNC(=O)NC(=O)[C@H](OC(=O)Cc1ccsc1)c1ccccc1. The summed E-state index contributed by atoms with van der Waals surface area (Å²) in [5, 5.41) is 8.34. The van der Waals surface area contributed by atoms with Crippen LogP contribution in [0.4, 0.5) is 4.79 Å². The maximum atomic E-state index is 12.3. The molecule has 126 valence electrons. The first-order chi connectivity index (χ1) is 11.6. The van der Waals surface area contributed by atoms with Gasteiger partial charge < -0.3 is 10.1 Å². The highest BCUT2D eigenvalue weighted by Gasteiger charge is 2.26. The van der Waals surface area contributed by atoms with Gasteiger partial charge in [0.25, 0.3) is 5.91 Å². The fourth-order valence-corrected chi connectivity index (χ4v) is 2.68. The molecule has 0 unspecified atom stereocenters. The Balaban J connectivity index is 2.09. The third kappa shape index (κ3) is 5.20. The summed E-state index contributed by atoms with van der Waals surface area (Å²) in [6, 6.07) is 9.77. The molecule has 24 heavy (non-hydrogen) atoms. The second-order valence-corrected chi connectivity index (χ2v) is 5.72. The minimum absolute atomic E-state index is 0.0707. The number of nitrogens with one attached hydrogen (secondary N) is 2. The molecule has 6 nitrogen and oxygen atoms in total. The van der Waals surface area contributed by atoms with Crippen molar-refractivity contribution in [3.63, 3.8) is 0 Å². The highest BCUT2D eigenvalue weighted by molar-refractivity contribution is 7.07. The number of carbonyl (C=O) groups is 3. The molecule has 1 aromatic carbocycles. The molecule has 7 heteroatoms. The molecule has 0 aliphatic carbocycles. The van der Waals surface area contributed by atoms with Crippen LogP contribution in [0.5, 0.6) is 0 Å². The molecule has 1 atom stereocenters. The van der Waals surface area contributed by atoms with Crippen LogP contribution >= 0.6 is 11.3 Å². The van der Waals surface area contributed by atoms with Crippen molar-refractivity contribution in [2.45, 2.75) is 19.4 Å². The van der Waals surface area contributed by atoms with E-state index in [1.165, 1.54) is 11.3 Å². The molecule has 0 aliphatic heterocycles. The highest BCUT2D eigenvalue weighted by Crippen LogP contribution is 2.19. The van der Waals surface area contributed by atoms with Crippen molar-refractivity contribution in [2.24, 2.45) is 0 Å². The molecule has 2 aromatic rings. The summed E-state index contributed by atoms with van der Waals surface area (Å²) in [4.78, 5) is 36.0. The highest BCUT2D eigenvalue weighted by atomic mass is 32.1. The van der Waals surface area contributed by atoms with Gasteiger partial charge in [0.05, 0.1) is 6.42 Å². The first kappa shape index (κ1) is 17.7. The molecule has 2 N–H and O–H groups in total. The zero-order valence-electron chi connectivity index (χ0n) is 13.2. The third-order valence-corrected chi connectivity index (χ3v) is 3.82. The normalized spacial score (nSPS) is 11.4. The Kier molecular flexibility index (Phi) is 6.51. The van der Waals surface area contributed by atoms with E-state index in [1.807, 2.05) is 16.8 Å². The number of ether oxygens (including phenoxy) is 1. The molecule has 0 bridgehead atoms. The molecule has 2 rings (SSSR count). The lowest BCUT2D eigenvalue weighted by Crippen LogP contribution is -2.42. The van der Waals surface area contributed by atoms with Crippen LogP contribution in [-0.2, 0) is 20.7 Å². The van der Waals surface area contributed by atoms with E-state index in [4.69, 9.17) is 4.74 Å². The van der Waals surface area contributed by atoms with Gasteiger partial charge in [-0.1, -0.05) is 30.3 Å². The van der Waals surface area contributed by atoms with Gasteiger partial charge in [-0.2, -0.15) is 11.3 Å². The average molecular weight is 346 g/mol. The van der Waals surface area contributed by atoms with Crippen LogP contribution in [0, 0.1) is 0 Å². The zero-order chi connectivity index (χ0) is 17.4. The molecule has 0 radical (unpaired) electrons. The van der Waals surface area contributed by atoms with Crippen molar-refractivity contribution in [2.75, 3.05) is 6.54 Å². The Bertz CT molecular complexity index is 686. The fourth-order valence-electron chi connectivity index (χ4n) is 2.02. The van der Waals surface area contributed by atoms with E-state index in [9.17, 15) is 14.4 Å². The number of esters is 1. The van der Waals surface area contributed by atoms with Crippen LogP contribution in [-0.4, -0.2) is 24.5 Å². The monoisotopic (exact) mass is 346 g/mol. The van der Waals surface area contributed by atoms with Gasteiger partial charge in [-0.3, -0.25) is 14.9 Å². The molecular weight excluding hydrogens is 328 g/mol. The van der Waals surface area contributed by atoms with E-state index in [0.29, 0.717) is 12.1 Å². The van der Waals surface area contributed by atoms with Crippen LogP contribution in [0.3, 0.4) is 0 Å². The van der Waals surface area contributed by atoms with Gasteiger partial charge in [0.1, 0.15) is 0 Å². The first-order valence-electron chi connectivity index (χ1n) is 7.44. The minimum atomic E-state index is -1.18. The fraction of sp³-hybridized carbons (Fsp3) is 0.235. The Hall–Kier alpha value is -2.67. The van der Waals surface area contributed by atoms with Gasteiger partial charge in [0.2, 0.25) is 6.10 Å². The average Bonchev–Trinajstić information content (AvgIpc) is 3.06. The molecule has 3 amide bonds. The van der Waals surface area contributed by atoms with Gasteiger partial charge in [-0.15, -0.1) is 0 Å². The van der Waals surface area contributed by atoms with E-state index < -0.39 is 24.0 Å². The number of amides is 3. The Morgan fingerprint density at radius 3 is 2.54 bits per heavy atom. The largest absolute Gasteiger partial charge is 0.447 e. The lowest BCUT2D eigenvalue weighted by Gasteiger charge is -2.17. The summed E-state index contributed by atoms with van der Waals surface area (Å²) < 4.78 is 5.32. The van der Waals surface area contributed by atoms with Crippen LogP contribution in [0.2, 0.25) is 0 Å². The maximum Gasteiger partial charge on any atom is 0.321 e. The summed E-state index contributed by atoms with van der Waals surface area (Å²) in [6.45, 7) is 2.12. The summed E-state index contributed by atoms with van der Waals surface area (Å²) in [5.74, 6) is -1.22. The van der Waals surface area contributed by atoms with E-state index >= 15 is 0 Å². The third-order valence-electron chi connectivity index (χ3n) is 3.09. The summed E-state index contributed by atoms with van der Waals surface area (Å²) in [7, 11) is 0. The topological polar surface area (TPSA) is 84.5 Å². The second kappa shape index (κ2) is 8.83. The van der Waals surface area contributed by atoms with Crippen molar-refractivity contribution in [3.05, 3.63) is 58.3 Å². The molecule has 1 heterocycles. The molecule has 0 fully saturated rings. The zero-order valence-corrected chi connectivity index (χ0v) is 14.0. The molecule has 0 aliphatic rings. The lowest BCUT2D eigenvalue weighted by atomic mass is 10.1. The van der Waals surface area contributed by atoms with Crippen LogP contribution in [0.15, 0.2) is 47.2 Å². The van der Waals surface area contributed by atoms with E-state index in [-0.39, 0.29) is 6.42 Å². The number of urea groups is 1. The van der Waals surface area contributed by atoms with E-state index in [1.54, 1.807) is 37.3 Å². The number of hydrogen-bond donors (Lipinski definition) is 2. The van der Waals surface area contributed by atoms with Gasteiger partial charge in [0.15, 0.2) is 0 Å². The van der Waals surface area contributed by atoms with Crippen molar-refractivity contribution in [1.29, 1.82) is 0 Å². The van der Waals surface area contributed by atoms with Crippen molar-refractivity contribution < 1.29 is 19.1 Å². The number of thiophene rings is 1. The molecular formula is C17H18N2O4S. The first-order valence-corrected chi connectivity index (χ1v) is 8.38. The predicted octanol–water partition coefficient (Wildman–Crippen LogP) is 2.42. The Morgan fingerprint density at radius 2 is 1.92 bits per heavy atom. The Morgan fingerprint density at radius 1 is 1.17 bits per heavy atom. The summed E-state index contributed by atoms with van der Waals surface area (Å²) in [6.07, 6.45) is -1.11. The predicted molar refractivity (Wildman–Crippen MR) is 90.5 cm³/mol. The van der Waals surface area contributed by atoms with E-state index in [2.05, 4.69) is 10.6 Å². The van der Waals surface area contributed by atoms with Crippen molar-refractivity contribution in [1.82, 2.24) is 10.6 Å². The van der Waals surface area contributed by atoms with Gasteiger partial charge in [-0.25, -0.2) is 4.79 Å². The summed E-state index contributed by atoms with van der Waals surface area (Å²) >= 11 is 1.48. The maximum absolute atomic E-state index is 12.3. The Labute approximate surface area is 143 Å². The molecule has 0 saturated heterocycles. The van der Waals surface area contributed by atoms with E-state index in [0.717, 1.165) is 5.56 Å². The lowest BCUT2D eigenvalue weighted by molar-refractivity contribution is -0.155. The van der Waals surface area contributed by atoms with Gasteiger partial charge in [0, 0.05) is 12.1 Å². The number of carbonyl (C=O) groups excluding carboxylic acids is 3. The van der Waals surface area contributed by atoms with Crippen LogP contribution in [0.1, 0.15) is 24.2 Å². The van der Waals surface area contributed by atoms with Gasteiger partial charge in [-0.05, 0) is 29.3 Å². The smallest absolute Gasteiger partial charge is 0.321 e. The molecule has 1 aromatic heterocycles. The molecule has 0 saturated carbocycles. The minimum Gasteiger partial charge on any atom is -0.447 e. The van der Waals surface area contributed by atoms with Crippen LogP contribution in [0.25, 0.3) is 0 Å². The number of imide groups is 1. The van der Waals surface area contributed by atoms with Crippen LogP contribution < -0.4 is 10.6 Å². The summed E-state index contributed by atoms with van der Waals surface area (Å²) in [5.41, 5.74) is 1.32. The number of rotatable bonds is 6. The van der Waals surface area contributed by atoms with Crippen molar-refractivity contribution in [3.8, 4) is 0 Å². The number of hydrogen-bond acceptors (Lipinski definition) is 5.